The molecule has 0 spiro atoms. The van der Waals surface area contributed by atoms with Crippen LogP contribution in [0, 0.1) is 0 Å². The van der Waals surface area contributed by atoms with Crippen LogP contribution in [-0.4, -0.2) is 14.5 Å². The Hall–Kier alpha value is -4.38. The topological polar surface area (TPSA) is 69.9 Å². The number of benzene rings is 2. The molecule has 2 N–H and O–H groups in total. The second-order valence-corrected chi connectivity index (χ2v) is 7.43. The van der Waals surface area contributed by atoms with Gasteiger partial charge in [-0.2, -0.15) is 0 Å². The smallest absolute Gasteiger partial charge is 0.161 e. The van der Waals surface area contributed by atoms with Crippen LogP contribution < -0.4 is 5.73 Å². The van der Waals surface area contributed by atoms with Crippen molar-refractivity contribution in [3.05, 3.63) is 97.5 Å². The van der Waals surface area contributed by atoms with Crippen molar-refractivity contribution in [3.63, 3.8) is 0 Å². The molecule has 0 fully saturated rings. The zero-order valence-electron chi connectivity index (χ0n) is 16.6. The van der Waals surface area contributed by atoms with Crippen molar-refractivity contribution in [1.29, 1.82) is 0 Å². The molecule has 2 aromatic carbocycles. The Bertz CT molecular complexity index is 1620. The molecule has 0 aliphatic carbocycles. The van der Waals surface area contributed by atoms with Crippen LogP contribution in [-0.2, 0) is 0 Å². The number of pyridine rings is 2. The van der Waals surface area contributed by atoms with Crippen LogP contribution in [0.2, 0.25) is 0 Å². The van der Waals surface area contributed by atoms with Gasteiger partial charge in [-0.25, -0.2) is 0 Å². The zero-order chi connectivity index (χ0) is 20.9. The first-order valence-electron chi connectivity index (χ1n) is 9.99. The zero-order valence-corrected chi connectivity index (χ0v) is 16.6. The second kappa shape index (κ2) is 6.57. The molecule has 0 radical (unpaired) electrons. The highest BCUT2D eigenvalue weighted by molar-refractivity contribution is 6.09. The van der Waals surface area contributed by atoms with Gasteiger partial charge in [0, 0.05) is 34.4 Å². The summed E-state index contributed by atoms with van der Waals surface area (Å²) in [6.45, 7) is 4.10. The van der Waals surface area contributed by atoms with E-state index in [1.165, 1.54) is 6.20 Å². The summed E-state index contributed by atoms with van der Waals surface area (Å²) in [6.07, 6.45) is 6.85. The second-order valence-electron chi connectivity index (χ2n) is 7.43. The van der Waals surface area contributed by atoms with E-state index in [1.54, 1.807) is 12.3 Å². The lowest BCUT2D eigenvalue weighted by Gasteiger charge is -2.07. The number of aromatic nitrogens is 3. The van der Waals surface area contributed by atoms with Gasteiger partial charge in [-0.3, -0.25) is 9.97 Å². The fourth-order valence-corrected chi connectivity index (χ4v) is 4.30. The van der Waals surface area contributed by atoms with E-state index < -0.39 is 0 Å². The monoisotopic (exact) mass is 402 g/mol. The number of nitrogens with zero attached hydrogens (tertiary/aromatic N) is 3. The summed E-state index contributed by atoms with van der Waals surface area (Å²) < 4.78 is 8.41. The Labute approximate surface area is 177 Å². The molecular weight excluding hydrogens is 384 g/mol. The SMILES string of the molecule is C=C(/C=C\N)c1ccnc2c1oc1ccc(-n3c4ccccc4c4ncccc43)cc12. The Kier molecular flexibility index (Phi) is 3.70. The van der Waals surface area contributed by atoms with Crippen molar-refractivity contribution in [2.75, 3.05) is 0 Å². The lowest BCUT2D eigenvalue weighted by molar-refractivity contribution is 0.667. The van der Waals surface area contributed by atoms with E-state index in [0.717, 1.165) is 55.2 Å². The predicted octanol–water partition coefficient (Wildman–Crippen LogP) is 5.96. The Morgan fingerprint density at radius 2 is 1.74 bits per heavy atom. The molecule has 0 aliphatic heterocycles. The lowest BCUT2D eigenvalue weighted by Crippen LogP contribution is -1.93. The van der Waals surface area contributed by atoms with E-state index in [1.807, 2.05) is 36.5 Å². The molecule has 0 bridgehead atoms. The Morgan fingerprint density at radius 1 is 0.903 bits per heavy atom. The van der Waals surface area contributed by atoms with Crippen LogP contribution >= 0.6 is 0 Å². The summed E-state index contributed by atoms with van der Waals surface area (Å²) in [5, 5.41) is 2.08. The molecule has 6 rings (SSSR count). The number of para-hydroxylation sites is 1. The molecule has 5 nitrogen and oxygen atoms in total. The van der Waals surface area contributed by atoms with E-state index in [0.29, 0.717) is 5.58 Å². The summed E-state index contributed by atoms with van der Waals surface area (Å²) in [5.41, 5.74) is 13.7. The summed E-state index contributed by atoms with van der Waals surface area (Å²) in [4.78, 5) is 9.24. The highest BCUT2D eigenvalue weighted by Gasteiger charge is 2.16. The van der Waals surface area contributed by atoms with E-state index in [4.69, 9.17) is 10.2 Å². The standard InChI is InChI=1S/C26H18N4O/c1-16(10-12-27)18-11-14-29-25-20-15-17(8-9-23(20)31-26(18)25)30-21-6-3-2-5-19(21)24-22(30)7-4-13-28-24/h2-15H,1,27H2/b12-10-. The fraction of sp³-hybridized carbons (Fsp3) is 0. The molecule has 0 saturated carbocycles. The number of hydrogen-bond acceptors (Lipinski definition) is 4. The van der Waals surface area contributed by atoms with Crippen molar-refractivity contribution in [2.24, 2.45) is 5.73 Å². The predicted molar refractivity (Wildman–Crippen MR) is 126 cm³/mol. The van der Waals surface area contributed by atoms with Crippen LogP contribution in [0.15, 0.2) is 96.3 Å². The minimum absolute atomic E-state index is 0.710. The quantitative estimate of drug-likeness (QED) is 0.371. The molecule has 0 aliphatic rings. The largest absolute Gasteiger partial charge is 0.454 e. The minimum atomic E-state index is 0.710. The van der Waals surface area contributed by atoms with Crippen LogP contribution in [0.5, 0.6) is 0 Å². The van der Waals surface area contributed by atoms with Crippen molar-refractivity contribution in [3.8, 4) is 5.69 Å². The van der Waals surface area contributed by atoms with Gasteiger partial charge >= 0.3 is 0 Å². The van der Waals surface area contributed by atoms with Gasteiger partial charge in [0.25, 0.3) is 0 Å². The number of rotatable bonds is 3. The number of nitrogens with two attached hydrogens (primary N) is 1. The van der Waals surface area contributed by atoms with Gasteiger partial charge in [-0.05, 0) is 60.3 Å². The average Bonchev–Trinajstić information content (AvgIpc) is 3.34. The Morgan fingerprint density at radius 3 is 2.65 bits per heavy atom. The average molecular weight is 402 g/mol. The summed E-state index contributed by atoms with van der Waals surface area (Å²) >= 11 is 0. The molecule has 31 heavy (non-hydrogen) atoms. The minimum Gasteiger partial charge on any atom is -0.454 e. The number of furan rings is 1. The van der Waals surface area contributed by atoms with Crippen LogP contribution in [0.25, 0.3) is 55.3 Å². The maximum atomic E-state index is 6.18. The van der Waals surface area contributed by atoms with Gasteiger partial charge in [-0.15, -0.1) is 0 Å². The first-order chi connectivity index (χ1) is 15.3. The highest BCUT2D eigenvalue weighted by atomic mass is 16.3. The van der Waals surface area contributed by atoms with Gasteiger partial charge in [0.2, 0.25) is 0 Å². The third kappa shape index (κ3) is 2.50. The first kappa shape index (κ1) is 17.5. The molecule has 148 valence electrons. The van der Waals surface area contributed by atoms with Gasteiger partial charge in [0.15, 0.2) is 5.58 Å². The van der Waals surface area contributed by atoms with E-state index >= 15 is 0 Å². The summed E-state index contributed by atoms with van der Waals surface area (Å²) in [7, 11) is 0. The molecule has 0 amide bonds. The lowest BCUT2D eigenvalue weighted by atomic mass is 10.1. The van der Waals surface area contributed by atoms with Crippen molar-refractivity contribution in [2.45, 2.75) is 0 Å². The van der Waals surface area contributed by atoms with E-state index in [9.17, 15) is 0 Å². The van der Waals surface area contributed by atoms with Gasteiger partial charge < -0.3 is 14.7 Å². The molecule has 5 heteroatoms. The molecular formula is C26H18N4O. The number of allylic oxidation sites excluding steroid dienone is 2. The number of fused-ring (bicyclic) bond motifs is 6. The maximum absolute atomic E-state index is 6.18. The molecule has 4 heterocycles. The molecule has 4 aromatic heterocycles. The van der Waals surface area contributed by atoms with Crippen molar-refractivity contribution >= 4 is 49.6 Å². The number of hydrogen-bond donors (Lipinski definition) is 1. The van der Waals surface area contributed by atoms with Crippen LogP contribution in [0.1, 0.15) is 5.56 Å². The normalized spacial score (nSPS) is 12.0. The van der Waals surface area contributed by atoms with Gasteiger partial charge in [0.05, 0.1) is 16.6 Å². The molecule has 0 atom stereocenters. The van der Waals surface area contributed by atoms with E-state index in [-0.39, 0.29) is 0 Å². The van der Waals surface area contributed by atoms with Gasteiger partial charge in [-0.1, -0.05) is 24.8 Å². The van der Waals surface area contributed by atoms with Gasteiger partial charge in [0.1, 0.15) is 11.1 Å². The molecule has 0 unspecified atom stereocenters. The van der Waals surface area contributed by atoms with Crippen LogP contribution in [0.3, 0.4) is 0 Å². The summed E-state index contributed by atoms with van der Waals surface area (Å²) in [5.74, 6) is 0. The van der Waals surface area contributed by atoms with Crippen LogP contribution in [0.4, 0.5) is 0 Å². The fourth-order valence-electron chi connectivity index (χ4n) is 4.30. The van der Waals surface area contributed by atoms with E-state index in [2.05, 4.69) is 51.4 Å². The Balaban J connectivity index is 1.66. The third-order valence-electron chi connectivity index (χ3n) is 5.66. The van der Waals surface area contributed by atoms with Crippen molar-refractivity contribution < 1.29 is 4.42 Å². The van der Waals surface area contributed by atoms with Crippen molar-refractivity contribution in [1.82, 2.24) is 14.5 Å². The summed E-state index contributed by atoms with van der Waals surface area (Å²) in [6, 6.07) is 20.5. The maximum Gasteiger partial charge on any atom is 0.161 e. The molecule has 0 saturated heterocycles. The highest BCUT2D eigenvalue weighted by Crippen LogP contribution is 2.36. The first-order valence-corrected chi connectivity index (χ1v) is 9.99. The third-order valence-corrected chi connectivity index (χ3v) is 5.66. The molecule has 6 aromatic rings.